The third kappa shape index (κ3) is 8.61. The molecule has 0 amide bonds. The number of hydrogen-bond donors (Lipinski definition) is 1. The first-order chi connectivity index (χ1) is 6.70. The van der Waals surface area contributed by atoms with Gasteiger partial charge in [-0.15, -0.1) is 0 Å². The number of Topliss-reactive ketones (excluding diaryl/α,β-unsaturated/α-hetero) is 1. The van der Waals surface area contributed by atoms with Crippen LogP contribution in [0.2, 0.25) is 0 Å². The molecule has 0 saturated heterocycles. The van der Waals surface area contributed by atoms with Gasteiger partial charge in [0.1, 0.15) is 5.78 Å². The molecular formula is C12H24OS. The van der Waals surface area contributed by atoms with Crippen LogP contribution in [0, 0.1) is 5.92 Å². The third-order valence-electron chi connectivity index (χ3n) is 2.76. The van der Waals surface area contributed by atoms with E-state index in [9.17, 15) is 4.79 Å². The Balaban J connectivity index is 3.28. The van der Waals surface area contributed by atoms with Gasteiger partial charge in [-0.25, -0.2) is 0 Å². The van der Waals surface area contributed by atoms with Crippen LogP contribution in [0.25, 0.3) is 0 Å². The maximum atomic E-state index is 10.7. The lowest BCUT2D eigenvalue weighted by molar-refractivity contribution is -0.117. The molecule has 0 spiro atoms. The maximum absolute atomic E-state index is 10.7. The zero-order chi connectivity index (χ0) is 10.8. The Morgan fingerprint density at radius 1 is 1.21 bits per heavy atom. The van der Waals surface area contributed by atoms with E-state index in [2.05, 4.69) is 19.6 Å². The molecular weight excluding hydrogens is 192 g/mol. The zero-order valence-corrected chi connectivity index (χ0v) is 10.5. The Bertz CT molecular complexity index is 145. The molecule has 0 aliphatic rings. The van der Waals surface area contributed by atoms with E-state index in [-0.39, 0.29) is 0 Å². The molecule has 0 aromatic heterocycles. The molecule has 14 heavy (non-hydrogen) atoms. The van der Waals surface area contributed by atoms with E-state index in [0.717, 1.165) is 24.5 Å². The van der Waals surface area contributed by atoms with Crippen LogP contribution < -0.4 is 0 Å². The summed E-state index contributed by atoms with van der Waals surface area (Å²) < 4.78 is 0. The summed E-state index contributed by atoms with van der Waals surface area (Å²) in [6.07, 6.45) is 8.16. The summed E-state index contributed by atoms with van der Waals surface area (Å²) in [4.78, 5) is 10.7. The number of unbranched alkanes of at least 4 members (excludes halogenated alkanes) is 2. The van der Waals surface area contributed by atoms with Crippen molar-refractivity contribution in [2.45, 2.75) is 58.8 Å². The normalized spacial score (nSPS) is 12.8. The van der Waals surface area contributed by atoms with Gasteiger partial charge < -0.3 is 4.79 Å². The van der Waals surface area contributed by atoms with Crippen molar-refractivity contribution in [3.05, 3.63) is 0 Å². The van der Waals surface area contributed by atoms with Crippen molar-refractivity contribution in [1.82, 2.24) is 0 Å². The largest absolute Gasteiger partial charge is 0.300 e. The number of thiol groups is 1. The second-order valence-corrected chi connectivity index (χ2v) is 4.54. The molecule has 0 aliphatic carbocycles. The van der Waals surface area contributed by atoms with E-state index >= 15 is 0 Å². The van der Waals surface area contributed by atoms with Crippen molar-refractivity contribution in [2.75, 3.05) is 5.75 Å². The fourth-order valence-electron chi connectivity index (χ4n) is 1.72. The van der Waals surface area contributed by atoms with Gasteiger partial charge in [-0.3, -0.25) is 0 Å². The SMILES string of the molecule is CCC(CCS)CCCCCC(C)=O. The minimum absolute atomic E-state index is 0.326. The summed E-state index contributed by atoms with van der Waals surface area (Å²) in [5, 5.41) is 0. The molecule has 0 aliphatic heterocycles. The van der Waals surface area contributed by atoms with E-state index in [1.807, 2.05) is 0 Å². The molecule has 1 nitrogen and oxygen atoms in total. The van der Waals surface area contributed by atoms with E-state index in [1.165, 1.54) is 32.1 Å². The molecule has 1 atom stereocenters. The molecule has 2 heteroatoms. The van der Waals surface area contributed by atoms with Crippen molar-refractivity contribution in [3.63, 3.8) is 0 Å². The highest BCUT2D eigenvalue weighted by Crippen LogP contribution is 2.18. The predicted octanol–water partition coefficient (Wildman–Crippen LogP) is 3.87. The number of hydrogen-bond acceptors (Lipinski definition) is 2. The highest BCUT2D eigenvalue weighted by molar-refractivity contribution is 7.80. The second-order valence-electron chi connectivity index (χ2n) is 4.09. The maximum Gasteiger partial charge on any atom is 0.129 e. The topological polar surface area (TPSA) is 17.1 Å². The Morgan fingerprint density at radius 2 is 1.93 bits per heavy atom. The van der Waals surface area contributed by atoms with Crippen molar-refractivity contribution >= 4 is 18.4 Å². The lowest BCUT2D eigenvalue weighted by atomic mass is 9.96. The summed E-state index contributed by atoms with van der Waals surface area (Å²) in [5.41, 5.74) is 0. The molecule has 0 heterocycles. The van der Waals surface area contributed by atoms with E-state index in [4.69, 9.17) is 0 Å². The van der Waals surface area contributed by atoms with Gasteiger partial charge in [0.05, 0.1) is 0 Å². The van der Waals surface area contributed by atoms with Crippen molar-refractivity contribution in [3.8, 4) is 0 Å². The highest BCUT2D eigenvalue weighted by atomic mass is 32.1. The van der Waals surface area contributed by atoms with Crippen LogP contribution in [0.4, 0.5) is 0 Å². The average molecular weight is 216 g/mol. The quantitative estimate of drug-likeness (QED) is 0.457. The van der Waals surface area contributed by atoms with E-state index in [1.54, 1.807) is 6.92 Å². The van der Waals surface area contributed by atoms with Crippen LogP contribution in [-0.4, -0.2) is 11.5 Å². The third-order valence-corrected chi connectivity index (χ3v) is 3.01. The number of carbonyl (C=O) groups excluding carboxylic acids is 1. The molecule has 0 fully saturated rings. The summed E-state index contributed by atoms with van der Waals surface area (Å²) in [6, 6.07) is 0. The van der Waals surface area contributed by atoms with Crippen LogP contribution in [0.1, 0.15) is 58.8 Å². The molecule has 0 aromatic rings. The van der Waals surface area contributed by atoms with Crippen LogP contribution >= 0.6 is 12.6 Å². The first-order valence-electron chi connectivity index (χ1n) is 5.81. The number of ketones is 1. The number of rotatable bonds is 9. The summed E-state index contributed by atoms with van der Waals surface area (Å²) in [6.45, 7) is 3.93. The lowest BCUT2D eigenvalue weighted by Crippen LogP contribution is -2.00. The second kappa shape index (κ2) is 9.57. The number of carbonyl (C=O) groups is 1. The Morgan fingerprint density at radius 3 is 2.43 bits per heavy atom. The van der Waals surface area contributed by atoms with Gasteiger partial charge in [0.2, 0.25) is 0 Å². The van der Waals surface area contributed by atoms with Crippen molar-refractivity contribution in [1.29, 1.82) is 0 Å². The van der Waals surface area contributed by atoms with Crippen molar-refractivity contribution < 1.29 is 4.79 Å². The molecule has 0 aromatic carbocycles. The summed E-state index contributed by atoms with van der Waals surface area (Å²) in [5.74, 6) is 2.18. The van der Waals surface area contributed by atoms with Gasteiger partial charge in [0.25, 0.3) is 0 Å². The standard InChI is InChI=1S/C12H24OS/c1-3-12(9-10-14)8-6-4-5-7-11(2)13/h12,14H,3-10H2,1-2H3. The molecule has 0 rings (SSSR count). The monoisotopic (exact) mass is 216 g/mol. The molecule has 0 radical (unpaired) electrons. The molecule has 0 bridgehead atoms. The van der Waals surface area contributed by atoms with Gasteiger partial charge in [0.15, 0.2) is 0 Å². The van der Waals surface area contributed by atoms with Gasteiger partial charge >= 0.3 is 0 Å². The smallest absolute Gasteiger partial charge is 0.129 e. The highest BCUT2D eigenvalue weighted by Gasteiger charge is 2.04. The first-order valence-corrected chi connectivity index (χ1v) is 6.44. The Hall–Kier alpha value is 0.0200. The van der Waals surface area contributed by atoms with Gasteiger partial charge in [0, 0.05) is 6.42 Å². The summed E-state index contributed by atoms with van der Waals surface area (Å²) in [7, 11) is 0. The van der Waals surface area contributed by atoms with Crippen LogP contribution in [0.15, 0.2) is 0 Å². The van der Waals surface area contributed by atoms with Gasteiger partial charge in [-0.05, 0) is 31.4 Å². The first kappa shape index (κ1) is 14.0. The fraction of sp³-hybridized carbons (Fsp3) is 0.917. The zero-order valence-electron chi connectivity index (χ0n) is 9.59. The van der Waals surface area contributed by atoms with Gasteiger partial charge in [-0.2, -0.15) is 12.6 Å². The molecule has 0 saturated carbocycles. The minimum Gasteiger partial charge on any atom is -0.300 e. The van der Waals surface area contributed by atoms with Crippen molar-refractivity contribution in [2.24, 2.45) is 5.92 Å². The minimum atomic E-state index is 0.326. The molecule has 1 unspecified atom stereocenters. The molecule has 84 valence electrons. The fourth-order valence-corrected chi connectivity index (χ4v) is 2.08. The summed E-state index contributed by atoms with van der Waals surface area (Å²) >= 11 is 4.26. The van der Waals surface area contributed by atoms with Crippen LogP contribution in [0.5, 0.6) is 0 Å². The van der Waals surface area contributed by atoms with E-state index in [0.29, 0.717) is 5.78 Å². The predicted molar refractivity (Wildman–Crippen MR) is 66.0 cm³/mol. The van der Waals surface area contributed by atoms with Crippen LogP contribution in [-0.2, 0) is 4.79 Å². The lowest BCUT2D eigenvalue weighted by Gasteiger charge is -2.12. The van der Waals surface area contributed by atoms with Gasteiger partial charge in [-0.1, -0.05) is 32.6 Å². The molecule has 0 N–H and O–H groups in total. The van der Waals surface area contributed by atoms with Crippen LogP contribution in [0.3, 0.4) is 0 Å². The van der Waals surface area contributed by atoms with E-state index < -0.39 is 0 Å². The Labute approximate surface area is 94.1 Å². The average Bonchev–Trinajstić information content (AvgIpc) is 2.15. The Kier molecular flexibility index (Phi) is 9.58.